The Labute approximate surface area is 122 Å². The standard InChI is InChI=1S/C12H21N5O2S/c1-2-17-10(6-13)15-16-12(17)20-8-11(18)14-7-9-4-3-5-19-9/h9H,2-8,13H2,1H3,(H,14,18). The Morgan fingerprint density at radius 2 is 2.45 bits per heavy atom. The van der Waals surface area contributed by atoms with Crippen molar-refractivity contribution in [1.82, 2.24) is 20.1 Å². The van der Waals surface area contributed by atoms with E-state index in [4.69, 9.17) is 10.5 Å². The van der Waals surface area contributed by atoms with Gasteiger partial charge in [0.05, 0.1) is 18.4 Å². The summed E-state index contributed by atoms with van der Waals surface area (Å²) in [5, 5.41) is 11.7. The molecule has 8 heteroatoms. The summed E-state index contributed by atoms with van der Waals surface area (Å²) in [7, 11) is 0. The van der Waals surface area contributed by atoms with Crippen LogP contribution in [0.3, 0.4) is 0 Å². The number of hydrogen-bond acceptors (Lipinski definition) is 6. The zero-order valence-electron chi connectivity index (χ0n) is 11.7. The molecule has 3 N–H and O–H groups in total. The zero-order chi connectivity index (χ0) is 14.4. The molecular formula is C12H21N5O2S. The summed E-state index contributed by atoms with van der Waals surface area (Å²) in [5.41, 5.74) is 5.59. The summed E-state index contributed by atoms with van der Waals surface area (Å²) in [6, 6.07) is 0. The van der Waals surface area contributed by atoms with Crippen LogP contribution in [0.25, 0.3) is 0 Å². The van der Waals surface area contributed by atoms with Crippen molar-refractivity contribution < 1.29 is 9.53 Å². The average Bonchev–Trinajstić information content (AvgIpc) is 3.11. The molecule has 20 heavy (non-hydrogen) atoms. The number of nitrogens with zero attached hydrogens (tertiary/aromatic N) is 3. The molecule has 0 aromatic carbocycles. The first-order valence-corrected chi connectivity index (χ1v) is 7.86. The van der Waals surface area contributed by atoms with E-state index in [9.17, 15) is 4.79 Å². The van der Waals surface area contributed by atoms with Crippen molar-refractivity contribution in [2.24, 2.45) is 5.73 Å². The predicted octanol–water partition coefficient (Wildman–Crippen LogP) is 0.144. The van der Waals surface area contributed by atoms with E-state index in [1.165, 1.54) is 11.8 Å². The van der Waals surface area contributed by atoms with E-state index in [2.05, 4.69) is 15.5 Å². The predicted molar refractivity (Wildman–Crippen MR) is 76.3 cm³/mol. The quantitative estimate of drug-likeness (QED) is 0.696. The summed E-state index contributed by atoms with van der Waals surface area (Å²) in [4.78, 5) is 11.8. The van der Waals surface area contributed by atoms with Crippen LogP contribution >= 0.6 is 11.8 Å². The summed E-state index contributed by atoms with van der Waals surface area (Å²) < 4.78 is 7.39. The Kier molecular flexibility index (Phi) is 5.81. The minimum Gasteiger partial charge on any atom is -0.376 e. The molecule has 1 aromatic heterocycles. The molecule has 1 aromatic rings. The topological polar surface area (TPSA) is 95.1 Å². The van der Waals surface area contributed by atoms with Gasteiger partial charge in [0.2, 0.25) is 5.91 Å². The number of aromatic nitrogens is 3. The fourth-order valence-electron chi connectivity index (χ4n) is 2.11. The van der Waals surface area contributed by atoms with Crippen LogP contribution in [0, 0.1) is 0 Å². The molecule has 112 valence electrons. The third-order valence-corrected chi connectivity index (χ3v) is 4.14. The fraction of sp³-hybridized carbons (Fsp3) is 0.750. The molecule has 1 aliphatic heterocycles. The minimum atomic E-state index is -0.00884. The summed E-state index contributed by atoms with van der Waals surface area (Å²) in [6.07, 6.45) is 2.28. The molecule has 0 bridgehead atoms. The van der Waals surface area contributed by atoms with Crippen LogP contribution in [0.5, 0.6) is 0 Å². The lowest BCUT2D eigenvalue weighted by Gasteiger charge is -2.10. The van der Waals surface area contributed by atoms with E-state index in [0.29, 0.717) is 18.8 Å². The number of amides is 1. The maximum Gasteiger partial charge on any atom is 0.230 e. The van der Waals surface area contributed by atoms with Gasteiger partial charge in [-0.05, 0) is 19.8 Å². The maximum atomic E-state index is 11.8. The van der Waals surface area contributed by atoms with Crippen LogP contribution in [0.1, 0.15) is 25.6 Å². The van der Waals surface area contributed by atoms with E-state index in [1.807, 2.05) is 11.5 Å². The highest BCUT2D eigenvalue weighted by Gasteiger charge is 2.17. The van der Waals surface area contributed by atoms with Crippen molar-refractivity contribution in [3.63, 3.8) is 0 Å². The van der Waals surface area contributed by atoms with Gasteiger partial charge in [0.15, 0.2) is 5.16 Å². The first-order valence-electron chi connectivity index (χ1n) is 6.87. The number of nitrogens with one attached hydrogen (secondary N) is 1. The van der Waals surface area contributed by atoms with Gasteiger partial charge in [0.25, 0.3) is 0 Å². The highest BCUT2D eigenvalue weighted by Crippen LogP contribution is 2.16. The number of hydrogen-bond donors (Lipinski definition) is 2. The number of ether oxygens (including phenoxy) is 1. The fourth-order valence-corrected chi connectivity index (χ4v) is 2.96. The summed E-state index contributed by atoms with van der Waals surface area (Å²) >= 11 is 1.38. The smallest absolute Gasteiger partial charge is 0.230 e. The second-order valence-corrected chi connectivity index (χ2v) is 5.52. The summed E-state index contributed by atoms with van der Waals surface area (Å²) in [6.45, 7) is 4.50. The van der Waals surface area contributed by atoms with Crippen LogP contribution < -0.4 is 11.1 Å². The van der Waals surface area contributed by atoms with E-state index in [1.54, 1.807) is 0 Å². The van der Waals surface area contributed by atoms with Crippen LogP contribution in [0.15, 0.2) is 5.16 Å². The Hall–Kier alpha value is -1.12. The Morgan fingerprint density at radius 1 is 1.60 bits per heavy atom. The van der Waals surface area contributed by atoms with Crippen molar-refractivity contribution >= 4 is 17.7 Å². The van der Waals surface area contributed by atoms with Crippen molar-refractivity contribution in [3.8, 4) is 0 Å². The number of thioether (sulfide) groups is 1. The monoisotopic (exact) mass is 299 g/mol. The number of carbonyl (C=O) groups excluding carboxylic acids is 1. The van der Waals surface area contributed by atoms with Gasteiger partial charge >= 0.3 is 0 Å². The van der Waals surface area contributed by atoms with Gasteiger partial charge in [0.1, 0.15) is 5.82 Å². The van der Waals surface area contributed by atoms with Crippen molar-refractivity contribution in [1.29, 1.82) is 0 Å². The first kappa shape index (κ1) is 15.3. The highest BCUT2D eigenvalue weighted by molar-refractivity contribution is 7.99. The van der Waals surface area contributed by atoms with Gasteiger partial charge in [-0.3, -0.25) is 4.79 Å². The van der Waals surface area contributed by atoms with Crippen molar-refractivity contribution in [3.05, 3.63) is 5.82 Å². The van der Waals surface area contributed by atoms with E-state index in [0.717, 1.165) is 37.0 Å². The van der Waals surface area contributed by atoms with Crippen LogP contribution in [-0.2, 0) is 22.6 Å². The average molecular weight is 299 g/mol. The third-order valence-electron chi connectivity index (χ3n) is 3.18. The first-order chi connectivity index (χ1) is 9.74. The SMILES string of the molecule is CCn1c(CN)nnc1SCC(=O)NCC1CCCO1. The van der Waals surface area contributed by atoms with Crippen LogP contribution in [0.4, 0.5) is 0 Å². The van der Waals surface area contributed by atoms with E-state index >= 15 is 0 Å². The van der Waals surface area contributed by atoms with Gasteiger partial charge in [-0.15, -0.1) is 10.2 Å². The maximum absolute atomic E-state index is 11.8. The molecule has 1 unspecified atom stereocenters. The van der Waals surface area contributed by atoms with Gasteiger partial charge < -0.3 is 20.4 Å². The second-order valence-electron chi connectivity index (χ2n) is 4.57. The molecule has 1 atom stereocenters. The molecule has 1 saturated heterocycles. The second kappa shape index (κ2) is 7.61. The highest BCUT2D eigenvalue weighted by atomic mass is 32.2. The lowest BCUT2D eigenvalue weighted by Crippen LogP contribution is -2.32. The Balaban J connectivity index is 1.76. The van der Waals surface area contributed by atoms with Crippen molar-refractivity contribution in [2.75, 3.05) is 18.9 Å². The third kappa shape index (κ3) is 3.94. The molecule has 7 nitrogen and oxygen atoms in total. The molecule has 2 rings (SSSR count). The van der Waals surface area contributed by atoms with E-state index < -0.39 is 0 Å². The molecule has 2 heterocycles. The van der Waals surface area contributed by atoms with Crippen LogP contribution in [-0.4, -0.2) is 45.7 Å². The van der Waals surface area contributed by atoms with Gasteiger partial charge in [0, 0.05) is 19.7 Å². The summed E-state index contributed by atoms with van der Waals surface area (Å²) in [5.74, 6) is 1.07. The van der Waals surface area contributed by atoms with Crippen LogP contribution in [0.2, 0.25) is 0 Å². The molecular weight excluding hydrogens is 278 g/mol. The van der Waals surface area contributed by atoms with Gasteiger partial charge in [-0.25, -0.2) is 0 Å². The van der Waals surface area contributed by atoms with Gasteiger partial charge in [-0.2, -0.15) is 0 Å². The Morgan fingerprint density at radius 3 is 3.10 bits per heavy atom. The largest absolute Gasteiger partial charge is 0.376 e. The Bertz CT molecular complexity index is 445. The molecule has 0 saturated carbocycles. The normalized spacial score (nSPS) is 18.4. The lowest BCUT2D eigenvalue weighted by molar-refractivity contribution is -0.119. The lowest BCUT2D eigenvalue weighted by atomic mass is 10.2. The molecule has 0 radical (unpaired) electrons. The molecule has 0 aliphatic carbocycles. The van der Waals surface area contributed by atoms with Gasteiger partial charge in [-0.1, -0.05) is 11.8 Å². The molecule has 1 amide bonds. The molecule has 1 aliphatic rings. The molecule has 1 fully saturated rings. The number of rotatable bonds is 7. The molecule has 0 spiro atoms. The van der Waals surface area contributed by atoms with E-state index in [-0.39, 0.29) is 12.0 Å². The van der Waals surface area contributed by atoms with Crippen molar-refractivity contribution in [2.45, 2.75) is 44.1 Å². The number of nitrogens with two attached hydrogens (primary N) is 1. The zero-order valence-corrected chi connectivity index (χ0v) is 12.5. The minimum absolute atomic E-state index is 0.00884. The number of carbonyl (C=O) groups is 1.